The minimum Gasteiger partial charge on any atom is -0.507 e. The monoisotopic (exact) mass is 336 g/mol. The number of rotatable bonds is 5. The first-order chi connectivity index (χ1) is 12.1. The summed E-state index contributed by atoms with van der Waals surface area (Å²) in [6.45, 7) is 2.02. The number of phenols is 1. The Bertz CT molecular complexity index is 869. The summed E-state index contributed by atoms with van der Waals surface area (Å²) in [4.78, 5) is 11.8. The van der Waals surface area contributed by atoms with E-state index in [-0.39, 0.29) is 11.3 Å². The first-order valence-electron chi connectivity index (χ1n) is 8.14. The Hall–Kier alpha value is -3.08. The number of aryl methyl sites for hydroxylation is 1. The molecule has 0 saturated carbocycles. The van der Waals surface area contributed by atoms with E-state index >= 15 is 0 Å². The van der Waals surface area contributed by atoms with E-state index in [2.05, 4.69) is 5.10 Å². The summed E-state index contributed by atoms with van der Waals surface area (Å²) >= 11 is 0. The molecule has 0 radical (unpaired) electrons. The molecule has 5 nitrogen and oxygen atoms in total. The van der Waals surface area contributed by atoms with Gasteiger partial charge in [0.2, 0.25) is 0 Å². The number of nitrogens with zero attached hydrogens (tertiary/aromatic N) is 2. The number of carbonyl (C=O) groups excluding carboxylic acids is 1. The molecule has 0 fully saturated rings. The molecule has 0 unspecified atom stereocenters. The van der Waals surface area contributed by atoms with Gasteiger partial charge >= 0.3 is 5.97 Å². The van der Waals surface area contributed by atoms with Crippen LogP contribution in [0, 0.1) is 0 Å². The minimum absolute atomic E-state index is 0.0403. The second kappa shape index (κ2) is 7.21. The zero-order valence-electron chi connectivity index (χ0n) is 14.3. The van der Waals surface area contributed by atoms with E-state index in [1.165, 1.54) is 7.11 Å². The molecule has 0 aliphatic heterocycles. The molecule has 5 heteroatoms. The van der Waals surface area contributed by atoms with Gasteiger partial charge in [0.15, 0.2) is 0 Å². The molecule has 2 aromatic carbocycles. The van der Waals surface area contributed by atoms with Crippen LogP contribution in [0.15, 0.2) is 54.9 Å². The lowest BCUT2D eigenvalue weighted by molar-refractivity contribution is 0.0597. The van der Waals surface area contributed by atoms with Gasteiger partial charge in [-0.3, -0.25) is 0 Å². The van der Waals surface area contributed by atoms with Crippen LogP contribution in [0.5, 0.6) is 5.75 Å². The summed E-state index contributed by atoms with van der Waals surface area (Å²) in [5, 5.41) is 14.3. The fourth-order valence-corrected chi connectivity index (χ4v) is 2.85. The highest BCUT2D eigenvalue weighted by molar-refractivity contribution is 5.92. The largest absolute Gasteiger partial charge is 0.507 e. The van der Waals surface area contributed by atoms with E-state index in [0.717, 1.165) is 28.8 Å². The third-order valence-electron chi connectivity index (χ3n) is 4.20. The minimum atomic E-state index is -0.532. The van der Waals surface area contributed by atoms with Gasteiger partial charge in [-0.2, -0.15) is 5.10 Å². The number of ether oxygens (including phenoxy) is 1. The van der Waals surface area contributed by atoms with E-state index < -0.39 is 5.97 Å². The quantitative estimate of drug-likeness (QED) is 0.724. The fraction of sp³-hybridized carbons (Fsp3) is 0.200. The molecule has 1 aromatic heterocycles. The van der Waals surface area contributed by atoms with Gasteiger partial charge in [-0.15, -0.1) is 0 Å². The second-order valence-electron chi connectivity index (χ2n) is 5.78. The van der Waals surface area contributed by atoms with Gasteiger partial charge in [0.25, 0.3) is 0 Å². The number of methoxy groups -OCH3 is 1. The van der Waals surface area contributed by atoms with Crippen molar-refractivity contribution in [1.29, 1.82) is 0 Å². The van der Waals surface area contributed by atoms with Gasteiger partial charge in [-0.1, -0.05) is 19.1 Å². The maximum absolute atomic E-state index is 11.8. The Labute approximate surface area is 146 Å². The van der Waals surface area contributed by atoms with Gasteiger partial charge < -0.3 is 9.84 Å². The third kappa shape index (κ3) is 3.55. The highest BCUT2D eigenvalue weighted by Gasteiger charge is 2.15. The number of hydrogen-bond acceptors (Lipinski definition) is 4. The molecule has 3 aromatic rings. The molecular weight excluding hydrogens is 316 g/mol. The molecule has 1 N–H and O–H groups in total. The van der Waals surface area contributed by atoms with Crippen molar-refractivity contribution in [2.45, 2.75) is 19.8 Å². The second-order valence-corrected chi connectivity index (χ2v) is 5.78. The Morgan fingerprint density at radius 3 is 2.56 bits per heavy atom. The maximum Gasteiger partial charge on any atom is 0.341 e. The van der Waals surface area contributed by atoms with Crippen molar-refractivity contribution in [3.05, 3.63) is 77.1 Å². The molecule has 0 spiro atoms. The molecule has 3 rings (SSSR count). The third-order valence-corrected chi connectivity index (χ3v) is 4.20. The van der Waals surface area contributed by atoms with Crippen molar-refractivity contribution in [3.8, 4) is 11.4 Å². The number of aromatic nitrogens is 2. The highest BCUT2D eigenvalue weighted by atomic mass is 16.5. The first-order valence-corrected chi connectivity index (χ1v) is 8.14. The lowest BCUT2D eigenvalue weighted by Gasteiger charge is -2.12. The number of benzene rings is 2. The Morgan fingerprint density at radius 2 is 1.96 bits per heavy atom. The SMILES string of the molecule is CCc1cc(O)c(C(=O)OC)cc1Cc1ccc(-n2cccn2)cc1. The molecule has 1 heterocycles. The predicted molar refractivity (Wildman–Crippen MR) is 95.2 cm³/mol. The number of aromatic hydroxyl groups is 1. The molecule has 0 saturated heterocycles. The van der Waals surface area contributed by atoms with Gasteiger partial charge in [0.1, 0.15) is 11.3 Å². The van der Waals surface area contributed by atoms with Gasteiger partial charge in [0, 0.05) is 12.4 Å². The van der Waals surface area contributed by atoms with Crippen LogP contribution in [0.2, 0.25) is 0 Å². The van der Waals surface area contributed by atoms with E-state index in [9.17, 15) is 9.90 Å². The maximum atomic E-state index is 11.8. The zero-order valence-corrected chi connectivity index (χ0v) is 14.3. The van der Waals surface area contributed by atoms with Crippen molar-refractivity contribution in [3.63, 3.8) is 0 Å². The van der Waals surface area contributed by atoms with Crippen LogP contribution in [0.4, 0.5) is 0 Å². The highest BCUT2D eigenvalue weighted by Crippen LogP contribution is 2.26. The van der Waals surface area contributed by atoms with Gasteiger partial charge in [-0.05, 0) is 59.9 Å². The summed E-state index contributed by atoms with van der Waals surface area (Å²) in [7, 11) is 1.31. The Morgan fingerprint density at radius 1 is 1.20 bits per heavy atom. The molecule has 0 atom stereocenters. The molecule has 25 heavy (non-hydrogen) atoms. The molecule has 0 aliphatic carbocycles. The van der Waals surface area contributed by atoms with Crippen molar-refractivity contribution in [2.24, 2.45) is 0 Å². The molecule has 128 valence electrons. The summed E-state index contributed by atoms with van der Waals surface area (Å²) < 4.78 is 6.55. The van der Waals surface area contributed by atoms with Crippen molar-refractivity contribution < 1.29 is 14.6 Å². The molecule has 0 amide bonds. The van der Waals surface area contributed by atoms with Crippen LogP contribution in [0.25, 0.3) is 5.69 Å². The van der Waals surface area contributed by atoms with Crippen LogP contribution in [0.1, 0.15) is 34.0 Å². The Balaban J connectivity index is 1.90. The lowest BCUT2D eigenvalue weighted by Crippen LogP contribution is -2.05. The van der Waals surface area contributed by atoms with Gasteiger partial charge in [-0.25, -0.2) is 9.48 Å². The van der Waals surface area contributed by atoms with Crippen LogP contribution < -0.4 is 0 Å². The van der Waals surface area contributed by atoms with Crippen LogP contribution >= 0.6 is 0 Å². The first kappa shape index (κ1) is 16.8. The average molecular weight is 336 g/mol. The number of phenolic OH excluding ortho intramolecular Hbond substituents is 1. The number of esters is 1. The van der Waals surface area contributed by atoms with Gasteiger partial charge in [0.05, 0.1) is 12.8 Å². The Kier molecular flexibility index (Phi) is 4.84. The fourth-order valence-electron chi connectivity index (χ4n) is 2.85. The smallest absolute Gasteiger partial charge is 0.341 e. The van der Waals surface area contributed by atoms with Crippen molar-refractivity contribution in [2.75, 3.05) is 7.11 Å². The number of hydrogen-bond donors (Lipinski definition) is 1. The standard InChI is InChI=1S/C20H20N2O3/c1-3-15-13-19(23)18(20(24)25-2)12-16(15)11-14-5-7-17(8-6-14)22-10-4-9-21-22/h4-10,12-13,23H,3,11H2,1-2H3. The molecule has 0 aliphatic rings. The summed E-state index contributed by atoms with van der Waals surface area (Å²) in [5.41, 5.74) is 4.33. The van der Waals surface area contributed by atoms with Crippen molar-refractivity contribution >= 4 is 5.97 Å². The van der Waals surface area contributed by atoms with Crippen molar-refractivity contribution in [1.82, 2.24) is 9.78 Å². The predicted octanol–water partition coefficient (Wildman–Crippen LogP) is 3.52. The van der Waals surface area contributed by atoms with Crippen LogP contribution in [0.3, 0.4) is 0 Å². The van der Waals surface area contributed by atoms with Crippen LogP contribution in [-0.2, 0) is 17.6 Å². The summed E-state index contributed by atoms with van der Waals surface area (Å²) in [5.74, 6) is -0.572. The summed E-state index contributed by atoms with van der Waals surface area (Å²) in [6, 6.07) is 13.4. The van der Waals surface area contributed by atoms with E-state index in [1.54, 1.807) is 23.0 Å². The topological polar surface area (TPSA) is 64.3 Å². The van der Waals surface area contributed by atoms with E-state index in [0.29, 0.717) is 6.42 Å². The molecule has 0 bridgehead atoms. The normalized spacial score (nSPS) is 10.6. The van der Waals surface area contributed by atoms with E-state index in [1.807, 2.05) is 43.5 Å². The molecular formula is C20H20N2O3. The summed E-state index contributed by atoms with van der Waals surface area (Å²) in [6.07, 6.45) is 5.08. The average Bonchev–Trinajstić information content (AvgIpc) is 3.17. The number of carbonyl (C=O) groups is 1. The van der Waals surface area contributed by atoms with E-state index in [4.69, 9.17) is 4.74 Å². The lowest BCUT2D eigenvalue weighted by atomic mass is 9.95. The van der Waals surface area contributed by atoms with Crippen LogP contribution in [-0.4, -0.2) is 28.0 Å². The zero-order chi connectivity index (χ0) is 17.8.